The average molecular weight is 523 g/mol. The second-order valence-electron chi connectivity index (χ2n) is 9.72. The molecule has 0 aliphatic rings. The van der Waals surface area contributed by atoms with E-state index < -0.39 is 23.4 Å². The van der Waals surface area contributed by atoms with E-state index in [1.54, 1.807) is 68.6 Å². The first-order valence-corrected chi connectivity index (χ1v) is 12.2. The Hall–Kier alpha value is -4.34. The third kappa shape index (κ3) is 7.34. The van der Waals surface area contributed by atoms with Crippen LogP contribution in [0.5, 0.6) is 11.5 Å². The highest BCUT2D eigenvalue weighted by Crippen LogP contribution is 2.36. The van der Waals surface area contributed by atoms with Crippen LogP contribution in [0.1, 0.15) is 51.0 Å². The van der Waals surface area contributed by atoms with E-state index in [4.69, 9.17) is 14.0 Å². The van der Waals surface area contributed by atoms with Gasteiger partial charge in [0, 0.05) is 24.4 Å². The van der Waals surface area contributed by atoms with Gasteiger partial charge < -0.3 is 24.6 Å². The number of benzene rings is 2. The molecule has 0 saturated carbocycles. The maximum atomic E-state index is 13.8. The Kier molecular flexibility index (Phi) is 9.11. The van der Waals surface area contributed by atoms with Crippen LogP contribution in [0.3, 0.4) is 0 Å². The minimum absolute atomic E-state index is 0.132. The first-order valence-electron chi connectivity index (χ1n) is 12.2. The van der Waals surface area contributed by atoms with Crippen LogP contribution < -0.4 is 25.0 Å². The molecule has 0 aliphatic heterocycles. The van der Waals surface area contributed by atoms with Crippen LogP contribution in [0.25, 0.3) is 0 Å². The molecule has 0 bridgehead atoms. The Bertz CT molecular complexity index is 1260. The molecule has 1 atom stereocenters. The summed E-state index contributed by atoms with van der Waals surface area (Å²) in [6, 6.07) is 14.4. The lowest BCUT2D eigenvalue weighted by Crippen LogP contribution is -2.49. The molecule has 0 aliphatic carbocycles. The van der Waals surface area contributed by atoms with E-state index in [9.17, 15) is 14.4 Å². The van der Waals surface area contributed by atoms with Crippen molar-refractivity contribution in [2.75, 3.05) is 24.4 Å². The number of carbonyl (C=O) groups is 3. The smallest absolute Gasteiger partial charge is 0.248 e. The molecule has 0 saturated heterocycles. The Morgan fingerprint density at radius 3 is 2.26 bits per heavy atom. The topological polar surface area (TPSA) is 123 Å². The van der Waals surface area contributed by atoms with Crippen LogP contribution >= 0.6 is 0 Å². The number of anilines is 2. The molecule has 2 aromatic carbocycles. The van der Waals surface area contributed by atoms with Gasteiger partial charge in [0.2, 0.25) is 17.7 Å². The molecule has 3 aromatic rings. The van der Waals surface area contributed by atoms with Gasteiger partial charge in [-0.15, -0.1) is 0 Å². The number of hydrogen-bond donors (Lipinski definition) is 2. The van der Waals surface area contributed by atoms with Gasteiger partial charge in [0.15, 0.2) is 5.82 Å². The third-order valence-corrected chi connectivity index (χ3v) is 5.51. The monoisotopic (exact) mass is 522 g/mol. The van der Waals surface area contributed by atoms with Crippen molar-refractivity contribution in [3.8, 4) is 11.5 Å². The predicted molar refractivity (Wildman–Crippen MR) is 143 cm³/mol. The highest BCUT2D eigenvalue weighted by Gasteiger charge is 2.35. The number of aryl methyl sites for hydroxylation is 1. The standard InChI is InChI=1S/C28H34N4O6/c1-18-17-23(31-38-18)29-24(33)15-16-25(34)32(21-9-7-8-10-22(21)37-6)26(27(35)30-28(2,3)4)19-11-13-20(36-5)14-12-19/h7-14,17,26H,15-16H2,1-6H3,(H,30,35)(H,29,31,33). The summed E-state index contributed by atoms with van der Waals surface area (Å²) in [5.74, 6) is 0.597. The van der Waals surface area contributed by atoms with Gasteiger partial charge in [-0.2, -0.15) is 0 Å². The Labute approximate surface area is 222 Å². The summed E-state index contributed by atoms with van der Waals surface area (Å²) >= 11 is 0. The van der Waals surface area contributed by atoms with Gasteiger partial charge in [-0.25, -0.2) is 0 Å². The average Bonchev–Trinajstić information content (AvgIpc) is 3.29. The molecule has 1 unspecified atom stereocenters. The van der Waals surface area contributed by atoms with Crippen molar-refractivity contribution in [3.05, 3.63) is 65.9 Å². The molecule has 1 aromatic heterocycles. The normalized spacial score (nSPS) is 11.8. The summed E-state index contributed by atoms with van der Waals surface area (Å²) in [7, 11) is 3.04. The summed E-state index contributed by atoms with van der Waals surface area (Å²) in [6.45, 7) is 7.29. The van der Waals surface area contributed by atoms with E-state index in [1.807, 2.05) is 20.8 Å². The fourth-order valence-corrected chi connectivity index (χ4v) is 3.86. The fourth-order valence-electron chi connectivity index (χ4n) is 3.86. The Morgan fingerprint density at radius 2 is 1.68 bits per heavy atom. The number of methoxy groups -OCH3 is 2. The van der Waals surface area contributed by atoms with Crippen molar-refractivity contribution >= 4 is 29.2 Å². The Balaban J connectivity index is 2.00. The predicted octanol–water partition coefficient (Wildman–Crippen LogP) is 4.41. The number of rotatable bonds is 10. The number of ether oxygens (including phenoxy) is 2. The second kappa shape index (κ2) is 12.3. The molecule has 2 N–H and O–H groups in total. The quantitative estimate of drug-likeness (QED) is 0.404. The lowest BCUT2D eigenvalue weighted by atomic mass is 10.00. The number of hydrogen-bond acceptors (Lipinski definition) is 7. The molecule has 3 rings (SSSR count). The number of amides is 3. The van der Waals surface area contributed by atoms with E-state index >= 15 is 0 Å². The van der Waals surface area contributed by atoms with Crippen LogP contribution in [-0.2, 0) is 14.4 Å². The van der Waals surface area contributed by atoms with Gasteiger partial charge in [-0.1, -0.05) is 29.4 Å². The molecular weight excluding hydrogens is 488 g/mol. The highest BCUT2D eigenvalue weighted by molar-refractivity contribution is 6.04. The molecule has 10 nitrogen and oxygen atoms in total. The summed E-state index contributed by atoms with van der Waals surface area (Å²) in [5.41, 5.74) is 0.402. The van der Waals surface area contributed by atoms with Gasteiger partial charge in [0.05, 0.1) is 19.9 Å². The zero-order chi connectivity index (χ0) is 27.9. The zero-order valence-corrected chi connectivity index (χ0v) is 22.5. The summed E-state index contributed by atoms with van der Waals surface area (Å²) in [6.07, 6.45) is -0.303. The van der Waals surface area contributed by atoms with Crippen molar-refractivity contribution in [3.63, 3.8) is 0 Å². The third-order valence-electron chi connectivity index (χ3n) is 5.51. The molecule has 1 heterocycles. The van der Waals surface area contributed by atoms with Gasteiger partial charge in [-0.05, 0) is 57.5 Å². The van der Waals surface area contributed by atoms with Crippen LogP contribution in [-0.4, -0.2) is 42.6 Å². The van der Waals surface area contributed by atoms with Crippen LogP contribution in [0, 0.1) is 6.92 Å². The van der Waals surface area contributed by atoms with E-state index in [0.717, 1.165) is 0 Å². The van der Waals surface area contributed by atoms with Crippen molar-refractivity contribution in [1.29, 1.82) is 0 Å². The van der Waals surface area contributed by atoms with Crippen LogP contribution in [0.15, 0.2) is 59.1 Å². The first-order chi connectivity index (χ1) is 18.0. The van der Waals surface area contributed by atoms with E-state index in [2.05, 4.69) is 15.8 Å². The van der Waals surface area contributed by atoms with Crippen molar-refractivity contribution in [1.82, 2.24) is 10.5 Å². The van der Waals surface area contributed by atoms with Crippen LogP contribution in [0.2, 0.25) is 0 Å². The van der Waals surface area contributed by atoms with Crippen molar-refractivity contribution < 1.29 is 28.4 Å². The SMILES string of the molecule is COc1ccc(C(C(=O)NC(C)(C)C)N(C(=O)CCC(=O)Nc2cc(C)on2)c2ccccc2OC)cc1. The van der Waals surface area contributed by atoms with Gasteiger partial charge in [-0.3, -0.25) is 19.3 Å². The molecule has 0 spiro atoms. The second-order valence-corrected chi connectivity index (χ2v) is 9.72. The minimum atomic E-state index is -1.05. The molecule has 38 heavy (non-hydrogen) atoms. The van der Waals surface area contributed by atoms with Gasteiger partial charge >= 0.3 is 0 Å². The molecule has 3 amide bonds. The van der Waals surface area contributed by atoms with E-state index in [-0.39, 0.29) is 24.6 Å². The number of carbonyl (C=O) groups excluding carboxylic acids is 3. The minimum Gasteiger partial charge on any atom is -0.497 e. The van der Waals surface area contributed by atoms with E-state index in [1.165, 1.54) is 12.0 Å². The van der Waals surface area contributed by atoms with Crippen LogP contribution in [0.4, 0.5) is 11.5 Å². The largest absolute Gasteiger partial charge is 0.497 e. The van der Waals surface area contributed by atoms with Crippen molar-refractivity contribution in [2.24, 2.45) is 0 Å². The summed E-state index contributed by atoms with van der Waals surface area (Å²) in [5, 5.41) is 9.35. The molecular formula is C28H34N4O6. The number of para-hydroxylation sites is 2. The maximum absolute atomic E-state index is 13.8. The Morgan fingerprint density at radius 1 is 1.00 bits per heavy atom. The molecule has 0 radical (unpaired) electrons. The van der Waals surface area contributed by atoms with Gasteiger partial charge in [0.25, 0.3) is 0 Å². The molecule has 202 valence electrons. The van der Waals surface area contributed by atoms with Gasteiger partial charge in [0.1, 0.15) is 23.3 Å². The fraction of sp³-hybridized carbons (Fsp3) is 0.357. The summed E-state index contributed by atoms with van der Waals surface area (Å²) in [4.78, 5) is 41.5. The maximum Gasteiger partial charge on any atom is 0.248 e. The van der Waals surface area contributed by atoms with Crippen molar-refractivity contribution in [2.45, 2.75) is 52.1 Å². The summed E-state index contributed by atoms with van der Waals surface area (Å²) < 4.78 is 15.8. The molecule has 10 heteroatoms. The number of nitrogens with zero attached hydrogens (tertiary/aromatic N) is 2. The highest BCUT2D eigenvalue weighted by atomic mass is 16.5. The number of nitrogens with one attached hydrogen (secondary N) is 2. The first kappa shape index (κ1) is 28.2. The van der Waals surface area contributed by atoms with E-state index in [0.29, 0.717) is 28.5 Å². The zero-order valence-electron chi connectivity index (χ0n) is 22.5. The lowest BCUT2D eigenvalue weighted by Gasteiger charge is -2.34. The molecule has 0 fully saturated rings. The number of aromatic nitrogens is 1. The lowest BCUT2D eigenvalue weighted by molar-refractivity contribution is -0.128.